The van der Waals surface area contributed by atoms with Gasteiger partial charge in [-0.05, 0) is 30.4 Å². The second-order valence-corrected chi connectivity index (χ2v) is 5.71. The molecule has 1 aromatic heterocycles. The molecule has 0 spiro atoms. The predicted octanol–water partition coefficient (Wildman–Crippen LogP) is 2.04. The van der Waals surface area contributed by atoms with Gasteiger partial charge in [0.05, 0.1) is 0 Å². The van der Waals surface area contributed by atoms with Crippen molar-refractivity contribution < 1.29 is 14.7 Å². The smallest absolute Gasteiger partial charge is 0.354 e. The van der Waals surface area contributed by atoms with Crippen molar-refractivity contribution in [1.29, 1.82) is 0 Å². The monoisotopic (exact) mass is 262 g/mol. The summed E-state index contributed by atoms with van der Waals surface area (Å²) in [5.74, 6) is -1.30. The Bertz CT molecular complexity index is 511. The summed E-state index contributed by atoms with van der Waals surface area (Å²) >= 11 is 0. The van der Waals surface area contributed by atoms with E-state index in [9.17, 15) is 9.59 Å². The van der Waals surface area contributed by atoms with Gasteiger partial charge in [-0.3, -0.25) is 4.79 Å². The minimum Gasteiger partial charge on any atom is -0.477 e. The fourth-order valence-electron chi connectivity index (χ4n) is 2.43. The Morgan fingerprint density at radius 1 is 1.32 bits per heavy atom. The molecule has 1 amide bonds. The lowest BCUT2D eigenvalue weighted by Gasteiger charge is -2.37. The van der Waals surface area contributed by atoms with E-state index in [0.717, 1.165) is 12.8 Å². The highest BCUT2D eigenvalue weighted by atomic mass is 16.4. The first-order chi connectivity index (χ1) is 8.89. The van der Waals surface area contributed by atoms with Crippen LogP contribution in [0.3, 0.4) is 0 Å². The van der Waals surface area contributed by atoms with Crippen molar-refractivity contribution in [3.05, 3.63) is 29.6 Å². The molecule has 1 N–H and O–H groups in total. The molecule has 0 aromatic carbocycles. The molecule has 102 valence electrons. The number of pyridine rings is 1. The highest BCUT2D eigenvalue weighted by Crippen LogP contribution is 2.28. The van der Waals surface area contributed by atoms with Gasteiger partial charge >= 0.3 is 5.97 Å². The average Bonchev–Trinajstić information content (AvgIpc) is 2.37. The van der Waals surface area contributed by atoms with Crippen LogP contribution >= 0.6 is 0 Å². The average molecular weight is 262 g/mol. The van der Waals surface area contributed by atoms with Crippen LogP contribution < -0.4 is 0 Å². The molecule has 0 saturated carbocycles. The maximum absolute atomic E-state index is 12.3. The first-order valence-corrected chi connectivity index (χ1v) is 6.39. The largest absolute Gasteiger partial charge is 0.477 e. The molecular weight excluding hydrogens is 244 g/mol. The summed E-state index contributed by atoms with van der Waals surface area (Å²) in [4.78, 5) is 28.9. The maximum atomic E-state index is 12.3. The van der Waals surface area contributed by atoms with Crippen molar-refractivity contribution in [2.24, 2.45) is 5.41 Å². The SMILES string of the molecule is CC1(C)CCCN(C(=O)c2cccc(C(=O)O)n2)C1. The van der Waals surface area contributed by atoms with Gasteiger partial charge in [0, 0.05) is 13.1 Å². The Morgan fingerprint density at radius 2 is 2.00 bits per heavy atom. The number of hydrogen-bond donors (Lipinski definition) is 1. The van der Waals surface area contributed by atoms with E-state index in [1.807, 2.05) is 0 Å². The maximum Gasteiger partial charge on any atom is 0.354 e. The molecule has 0 atom stereocenters. The third-order valence-corrected chi connectivity index (χ3v) is 3.38. The van der Waals surface area contributed by atoms with E-state index in [4.69, 9.17) is 5.11 Å². The number of carboxylic acid groups (broad SMARTS) is 1. The van der Waals surface area contributed by atoms with E-state index < -0.39 is 5.97 Å². The number of likely N-dealkylation sites (tertiary alicyclic amines) is 1. The minimum absolute atomic E-state index is 0.0953. The van der Waals surface area contributed by atoms with Gasteiger partial charge in [-0.1, -0.05) is 19.9 Å². The molecule has 5 nitrogen and oxygen atoms in total. The van der Waals surface area contributed by atoms with E-state index >= 15 is 0 Å². The van der Waals surface area contributed by atoms with Crippen LogP contribution in [0.1, 0.15) is 47.7 Å². The van der Waals surface area contributed by atoms with Gasteiger partial charge in [0.2, 0.25) is 0 Å². The fourth-order valence-corrected chi connectivity index (χ4v) is 2.43. The summed E-state index contributed by atoms with van der Waals surface area (Å²) in [7, 11) is 0. The van der Waals surface area contributed by atoms with Crippen molar-refractivity contribution >= 4 is 11.9 Å². The summed E-state index contributed by atoms with van der Waals surface area (Å²) in [5, 5.41) is 8.90. The number of carboxylic acids is 1. The summed E-state index contributed by atoms with van der Waals surface area (Å²) in [5.41, 5.74) is 0.220. The Labute approximate surface area is 112 Å². The van der Waals surface area contributed by atoms with Crippen LogP contribution in [0.15, 0.2) is 18.2 Å². The highest BCUT2D eigenvalue weighted by Gasteiger charge is 2.30. The number of nitrogens with zero attached hydrogens (tertiary/aromatic N) is 2. The summed E-state index contributed by atoms with van der Waals surface area (Å²) < 4.78 is 0. The Balaban J connectivity index is 2.19. The molecule has 0 unspecified atom stereocenters. The lowest BCUT2D eigenvalue weighted by molar-refractivity contribution is 0.0577. The van der Waals surface area contributed by atoms with Crippen LogP contribution in [0.5, 0.6) is 0 Å². The van der Waals surface area contributed by atoms with Crippen LogP contribution in [-0.4, -0.2) is 40.0 Å². The van der Waals surface area contributed by atoms with Gasteiger partial charge in [-0.15, -0.1) is 0 Å². The number of carbonyl (C=O) groups excluding carboxylic acids is 1. The first-order valence-electron chi connectivity index (χ1n) is 6.39. The number of hydrogen-bond acceptors (Lipinski definition) is 3. The molecular formula is C14H18N2O3. The summed E-state index contributed by atoms with van der Waals surface area (Å²) in [6.45, 7) is 5.66. The predicted molar refractivity (Wildman–Crippen MR) is 70.1 cm³/mol. The zero-order valence-electron chi connectivity index (χ0n) is 11.2. The van der Waals surface area contributed by atoms with E-state index in [-0.39, 0.29) is 22.7 Å². The summed E-state index contributed by atoms with van der Waals surface area (Å²) in [6, 6.07) is 4.51. The Morgan fingerprint density at radius 3 is 2.63 bits per heavy atom. The third kappa shape index (κ3) is 3.10. The van der Waals surface area contributed by atoms with Gasteiger partial charge in [-0.25, -0.2) is 9.78 Å². The van der Waals surface area contributed by atoms with Gasteiger partial charge in [-0.2, -0.15) is 0 Å². The van der Waals surface area contributed by atoms with Gasteiger partial charge in [0.25, 0.3) is 5.91 Å². The zero-order valence-corrected chi connectivity index (χ0v) is 11.2. The van der Waals surface area contributed by atoms with Crippen molar-refractivity contribution in [3.8, 4) is 0 Å². The molecule has 2 rings (SSSR count). The van der Waals surface area contributed by atoms with Gasteiger partial charge in [0.1, 0.15) is 11.4 Å². The van der Waals surface area contributed by atoms with E-state index in [0.29, 0.717) is 13.1 Å². The van der Waals surface area contributed by atoms with Crippen molar-refractivity contribution in [3.63, 3.8) is 0 Å². The molecule has 1 saturated heterocycles. The Hall–Kier alpha value is -1.91. The normalized spacial score (nSPS) is 18.1. The van der Waals surface area contributed by atoms with E-state index in [1.54, 1.807) is 17.0 Å². The molecule has 1 aliphatic heterocycles. The Kier molecular flexibility index (Phi) is 3.55. The molecule has 0 radical (unpaired) electrons. The topological polar surface area (TPSA) is 70.5 Å². The van der Waals surface area contributed by atoms with Crippen LogP contribution in [-0.2, 0) is 0 Å². The highest BCUT2D eigenvalue weighted by molar-refractivity contribution is 5.94. The molecule has 19 heavy (non-hydrogen) atoms. The molecule has 1 fully saturated rings. The lowest BCUT2D eigenvalue weighted by Crippen LogP contribution is -2.43. The number of carbonyl (C=O) groups is 2. The zero-order chi connectivity index (χ0) is 14.0. The number of piperidine rings is 1. The second-order valence-electron chi connectivity index (χ2n) is 5.71. The minimum atomic E-state index is -1.12. The van der Waals surface area contributed by atoms with Gasteiger partial charge < -0.3 is 10.0 Å². The summed E-state index contributed by atoms with van der Waals surface area (Å²) in [6.07, 6.45) is 2.07. The number of aromatic nitrogens is 1. The van der Waals surface area contributed by atoms with Crippen LogP contribution in [0.4, 0.5) is 0 Å². The fraction of sp³-hybridized carbons (Fsp3) is 0.500. The van der Waals surface area contributed by atoms with E-state index in [2.05, 4.69) is 18.8 Å². The van der Waals surface area contributed by atoms with Crippen LogP contribution in [0.2, 0.25) is 0 Å². The molecule has 0 aliphatic carbocycles. The van der Waals surface area contributed by atoms with Crippen molar-refractivity contribution in [2.75, 3.05) is 13.1 Å². The van der Waals surface area contributed by atoms with Crippen molar-refractivity contribution in [1.82, 2.24) is 9.88 Å². The number of rotatable bonds is 2. The third-order valence-electron chi connectivity index (χ3n) is 3.38. The molecule has 0 bridgehead atoms. The molecule has 5 heteroatoms. The molecule has 1 aliphatic rings. The molecule has 1 aromatic rings. The van der Waals surface area contributed by atoms with Crippen LogP contribution in [0.25, 0.3) is 0 Å². The first kappa shape index (κ1) is 13.5. The standard InChI is InChI=1S/C14H18N2O3/c1-14(2)7-4-8-16(9-14)12(17)10-5-3-6-11(15-10)13(18)19/h3,5-6H,4,7-9H2,1-2H3,(H,18,19). The lowest BCUT2D eigenvalue weighted by atomic mass is 9.84. The van der Waals surface area contributed by atoms with Gasteiger partial charge in [0.15, 0.2) is 0 Å². The number of amides is 1. The molecule has 2 heterocycles. The number of aromatic carboxylic acids is 1. The quantitative estimate of drug-likeness (QED) is 0.885. The second kappa shape index (κ2) is 4.99. The van der Waals surface area contributed by atoms with Crippen LogP contribution in [0, 0.1) is 5.41 Å². The van der Waals surface area contributed by atoms with Crippen molar-refractivity contribution in [2.45, 2.75) is 26.7 Å². The van der Waals surface area contributed by atoms with E-state index in [1.165, 1.54) is 6.07 Å².